The van der Waals surface area contributed by atoms with Crippen LogP contribution in [-0.2, 0) is 0 Å². The van der Waals surface area contributed by atoms with Crippen LogP contribution in [0.15, 0.2) is 29.7 Å². The topological polar surface area (TPSA) is 102 Å². The van der Waals surface area contributed by atoms with Gasteiger partial charge in [0.15, 0.2) is 11.7 Å². The third kappa shape index (κ3) is 2.15. The number of hydrogen-bond donors (Lipinski definition) is 2. The minimum absolute atomic E-state index is 0.0264. The van der Waals surface area contributed by atoms with Crippen LogP contribution in [0.1, 0.15) is 31.0 Å². The van der Waals surface area contributed by atoms with Crippen LogP contribution in [-0.4, -0.2) is 31.0 Å². The highest BCUT2D eigenvalue weighted by atomic mass is 16.4. The second kappa shape index (κ2) is 4.82. The van der Waals surface area contributed by atoms with E-state index >= 15 is 0 Å². The Morgan fingerprint density at radius 3 is 2.83 bits per heavy atom. The van der Waals surface area contributed by atoms with E-state index in [1.54, 1.807) is 16.9 Å². The number of nitrogens with two attached hydrogens (primary N) is 1. The van der Waals surface area contributed by atoms with Gasteiger partial charge in [-0.3, -0.25) is 0 Å². The average molecular weight is 246 g/mol. The molecule has 2 rings (SSSR count). The molecule has 0 saturated carbocycles. The standard InChI is InChI=1S/C11H14N6O/c1-7(2)9-4-6-17(15-9)11-8(10(12)16-18)3-5-13-14-11/h3-7,18H,1-2H3,(H2,12,16). The van der Waals surface area contributed by atoms with Gasteiger partial charge < -0.3 is 10.9 Å². The summed E-state index contributed by atoms with van der Waals surface area (Å²) in [6.45, 7) is 4.10. The molecule has 0 aromatic carbocycles. The van der Waals surface area contributed by atoms with Crippen LogP contribution in [0.2, 0.25) is 0 Å². The van der Waals surface area contributed by atoms with Crippen molar-refractivity contribution in [2.75, 3.05) is 0 Å². The summed E-state index contributed by atoms with van der Waals surface area (Å²) in [4.78, 5) is 0. The summed E-state index contributed by atoms with van der Waals surface area (Å²) in [7, 11) is 0. The number of rotatable bonds is 3. The van der Waals surface area contributed by atoms with E-state index in [0.717, 1.165) is 5.69 Å². The van der Waals surface area contributed by atoms with Crippen molar-refractivity contribution >= 4 is 5.84 Å². The number of amidine groups is 1. The molecule has 0 fully saturated rings. The summed E-state index contributed by atoms with van der Waals surface area (Å²) in [6.07, 6.45) is 3.25. The molecule has 0 bridgehead atoms. The van der Waals surface area contributed by atoms with E-state index < -0.39 is 0 Å². The van der Waals surface area contributed by atoms with E-state index in [9.17, 15) is 0 Å². The molecule has 0 atom stereocenters. The van der Waals surface area contributed by atoms with Gasteiger partial charge in [0, 0.05) is 6.20 Å². The molecule has 18 heavy (non-hydrogen) atoms. The van der Waals surface area contributed by atoms with Crippen LogP contribution in [0.3, 0.4) is 0 Å². The smallest absolute Gasteiger partial charge is 0.186 e. The molecule has 94 valence electrons. The SMILES string of the molecule is CC(C)c1ccn(-c2nnccc2/C(N)=N/O)n1. The number of aromatic nitrogens is 4. The molecular formula is C11H14N6O. The van der Waals surface area contributed by atoms with Gasteiger partial charge in [0.25, 0.3) is 0 Å². The summed E-state index contributed by atoms with van der Waals surface area (Å²) in [5.41, 5.74) is 7.00. The van der Waals surface area contributed by atoms with Gasteiger partial charge in [-0.25, -0.2) is 4.68 Å². The Balaban J connectivity index is 2.50. The van der Waals surface area contributed by atoms with E-state index in [1.165, 1.54) is 6.20 Å². The van der Waals surface area contributed by atoms with Gasteiger partial charge in [-0.1, -0.05) is 19.0 Å². The summed E-state index contributed by atoms with van der Waals surface area (Å²) in [5.74, 6) is 0.719. The first-order valence-corrected chi connectivity index (χ1v) is 5.49. The van der Waals surface area contributed by atoms with E-state index in [1.807, 2.05) is 19.9 Å². The fourth-order valence-electron chi connectivity index (χ4n) is 1.51. The van der Waals surface area contributed by atoms with Crippen molar-refractivity contribution in [1.82, 2.24) is 20.0 Å². The fraction of sp³-hybridized carbons (Fsp3) is 0.273. The first-order chi connectivity index (χ1) is 8.63. The van der Waals surface area contributed by atoms with E-state index in [0.29, 0.717) is 17.3 Å². The zero-order chi connectivity index (χ0) is 13.1. The summed E-state index contributed by atoms with van der Waals surface area (Å²) >= 11 is 0. The Morgan fingerprint density at radius 2 is 2.22 bits per heavy atom. The van der Waals surface area contributed by atoms with Crippen molar-refractivity contribution in [3.05, 3.63) is 35.8 Å². The summed E-state index contributed by atoms with van der Waals surface area (Å²) < 4.78 is 1.57. The lowest BCUT2D eigenvalue weighted by molar-refractivity contribution is 0.318. The van der Waals surface area contributed by atoms with Crippen molar-refractivity contribution < 1.29 is 5.21 Å². The molecule has 0 radical (unpaired) electrons. The third-order valence-corrected chi connectivity index (χ3v) is 2.50. The number of nitrogens with zero attached hydrogens (tertiary/aromatic N) is 5. The minimum Gasteiger partial charge on any atom is -0.409 e. The van der Waals surface area contributed by atoms with Gasteiger partial charge in [0.1, 0.15) is 0 Å². The quantitative estimate of drug-likeness (QED) is 0.362. The van der Waals surface area contributed by atoms with Crippen LogP contribution in [0, 0.1) is 0 Å². The Morgan fingerprint density at radius 1 is 1.44 bits per heavy atom. The Labute approximate surface area is 104 Å². The molecular weight excluding hydrogens is 232 g/mol. The van der Waals surface area contributed by atoms with E-state index in [4.69, 9.17) is 10.9 Å². The largest absolute Gasteiger partial charge is 0.409 e. The maximum atomic E-state index is 8.74. The molecule has 7 heteroatoms. The van der Waals surface area contributed by atoms with Crippen LogP contribution < -0.4 is 5.73 Å². The fourth-order valence-corrected chi connectivity index (χ4v) is 1.51. The second-order valence-corrected chi connectivity index (χ2v) is 4.09. The highest BCUT2D eigenvalue weighted by molar-refractivity contribution is 5.99. The number of hydrogen-bond acceptors (Lipinski definition) is 5. The lowest BCUT2D eigenvalue weighted by Gasteiger charge is -2.05. The molecule has 2 aromatic rings. The Hall–Kier alpha value is -2.44. The van der Waals surface area contributed by atoms with Crippen molar-refractivity contribution in [2.45, 2.75) is 19.8 Å². The Kier molecular flexibility index (Phi) is 3.22. The maximum Gasteiger partial charge on any atom is 0.186 e. The van der Waals surface area contributed by atoms with E-state index in [2.05, 4.69) is 20.5 Å². The first kappa shape index (κ1) is 12.0. The van der Waals surface area contributed by atoms with Crippen molar-refractivity contribution in [2.24, 2.45) is 10.9 Å². The molecule has 0 aliphatic heterocycles. The van der Waals surface area contributed by atoms with Gasteiger partial charge in [-0.05, 0) is 18.1 Å². The normalized spacial score (nSPS) is 12.1. The zero-order valence-electron chi connectivity index (χ0n) is 10.1. The molecule has 7 nitrogen and oxygen atoms in total. The molecule has 3 N–H and O–H groups in total. The molecule has 0 unspecified atom stereocenters. The highest BCUT2D eigenvalue weighted by Gasteiger charge is 2.12. The molecule has 2 heterocycles. The predicted molar refractivity (Wildman–Crippen MR) is 65.8 cm³/mol. The van der Waals surface area contributed by atoms with Gasteiger partial charge in [0.2, 0.25) is 0 Å². The van der Waals surface area contributed by atoms with Gasteiger partial charge in [-0.15, -0.1) is 5.10 Å². The molecule has 0 aliphatic rings. The van der Waals surface area contributed by atoms with Gasteiger partial charge in [0.05, 0.1) is 17.5 Å². The van der Waals surface area contributed by atoms with E-state index in [-0.39, 0.29) is 5.84 Å². The van der Waals surface area contributed by atoms with Crippen molar-refractivity contribution in [3.8, 4) is 5.82 Å². The van der Waals surface area contributed by atoms with Crippen molar-refractivity contribution in [3.63, 3.8) is 0 Å². The molecule has 2 aromatic heterocycles. The molecule has 0 amide bonds. The minimum atomic E-state index is -0.0264. The Bertz CT molecular complexity index is 574. The zero-order valence-corrected chi connectivity index (χ0v) is 10.1. The second-order valence-electron chi connectivity index (χ2n) is 4.09. The lowest BCUT2D eigenvalue weighted by atomic mass is 10.1. The van der Waals surface area contributed by atoms with Crippen LogP contribution in [0.25, 0.3) is 5.82 Å². The van der Waals surface area contributed by atoms with Crippen molar-refractivity contribution in [1.29, 1.82) is 0 Å². The van der Waals surface area contributed by atoms with Gasteiger partial charge in [-0.2, -0.15) is 10.2 Å². The monoisotopic (exact) mass is 246 g/mol. The summed E-state index contributed by atoms with van der Waals surface area (Å²) in [6, 6.07) is 3.52. The van der Waals surface area contributed by atoms with Crippen LogP contribution in [0.4, 0.5) is 0 Å². The molecule has 0 saturated heterocycles. The maximum absolute atomic E-state index is 8.74. The van der Waals surface area contributed by atoms with Crippen LogP contribution >= 0.6 is 0 Å². The third-order valence-electron chi connectivity index (χ3n) is 2.50. The van der Waals surface area contributed by atoms with Gasteiger partial charge >= 0.3 is 0 Å². The lowest BCUT2D eigenvalue weighted by Crippen LogP contribution is -2.18. The summed E-state index contributed by atoms with van der Waals surface area (Å²) in [5, 5.41) is 23.8. The predicted octanol–water partition coefficient (Wildman–Crippen LogP) is 0.880. The molecule has 0 aliphatic carbocycles. The number of oxime groups is 1. The highest BCUT2D eigenvalue weighted by Crippen LogP contribution is 2.14. The van der Waals surface area contributed by atoms with Crippen LogP contribution in [0.5, 0.6) is 0 Å². The molecule has 0 spiro atoms. The average Bonchev–Trinajstić information content (AvgIpc) is 2.87. The first-order valence-electron chi connectivity index (χ1n) is 5.49.